The topological polar surface area (TPSA) is 108 Å². The molecule has 0 bridgehead atoms. The molecule has 9 nitrogen and oxygen atoms in total. The van der Waals surface area contributed by atoms with E-state index in [4.69, 9.17) is 18.5 Å². The van der Waals surface area contributed by atoms with Gasteiger partial charge < -0.3 is 18.9 Å². The third-order valence-electron chi connectivity index (χ3n) is 8.55. The number of phosphoric ester groups is 1. The molecule has 0 aliphatic rings. The summed E-state index contributed by atoms with van der Waals surface area (Å²) in [5, 5.41) is 0. The molecule has 0 spiro atoms. The number of allylic oxidation sites excluding steroid dienone is 2. The van der Waals surface area contributed by atoms with Gasteiger partial charge in [0.15, 0.2) is 6.10 Å². The number of carbonyl (C=O) groups excluding carboxylic acids is 2. The normalized spacial score (nSPS) is 13.8. The van der Waals surface area contributed by atoms with E-state index in [2.05, 4.69) is 26.0 Å². The van der Waals surface area contributed by atoms with Crippen molar-refractivity contribution in [3.8, 4) is 0 Å². The lowest BCUT2D eigenvalue weighted by atomic mass is 10.1. The van der Waals surface area contributed by atoms with Crippen molar-refractivity contribution in [2.75, 3.05) is 47.5 Å². The Kier molecular flexibility index (Phi) is 31.8. The lowest BCUT2D eigenvalue weighted by Crippen LogP contribution is -2.37. The molecule has 0 rings (SSSR count). The number of rotatable bonds is 36. The smallest absolute Gasteiger partial charge is 0.462 e. The Bertz CT molecular complexity index is 860. The largest absolute Gasteiger partial charge is 0.472 e. The molecule has 0 radical (unpaired) electrons. The highest BCUT2D eigenvalue weighted by Crippen LogP contribution is 2.43. The monoisotopic (exact) mass is 719 g/mol. The Morgan fingerprint density at radius 2 is 1.04 bits per heavy atom. The highest BCUT2D eigenvalue weighted by molar-refractivity contribution is 7.47. The van der Waals surface area contributed by atoms with Gasteiger partial charge in [-0.15, -0.1) is 0 Å². The van der Waals surface area contributed by atoms with Crippen LogP contribution in [0, 0.1) is 0 Å². The number of hydrogen-bond donors (Lipinski definition) is 1. The maximum atomic E-state index is 12.6. The van der Waals surface area contributed by atoms with Crippen LogP contribution in [-0.2, 0) is 32.7 Å². The van der Waals surface area contributed by atoms with Crippen molar-refractivity contribution in [3.05, 3.63) is 12.2 Å². The van der Waals surface area contributed by atoms with E-state index in [-0.39, 0.29) is 32.0 Å². The first-order valence-electron chi connectivity index (χ1n) is 19.9. The summed E-state index contributed by atoms with van der Waals surface area (Å²) in [7, 11) is 1.48. The van der Waals surface area contributed by atoms with Crippen LogP contribution in [0.5, 0.6) is 0 Å². The molecule has 0 aromatic carbocycles. The Morgan fingerprint density at radius 3 is 1.51 bits per heavy atom. The highest BCUT2D eigenvalue weighted by atomic mass is 31.2. The molecule has 0 aliphatic carbocycles. The minimum absolute atomic E-state index is 0.0328. The van der Waals surface area contributed by atoms with Gasteiger partial charge in [-0.25, -0.2) is 4.57 Å². The highest BCUT2D eigenvalue weighted by Gasteiger charge is 2.27. The zero-order valence-electron chi connectivity index (χ0n) is 32.4. The molecule has 49 heavy (non-hydrogen) atoms. The first-order valence-corrected chi connectivity index (χ1v) is 21.4. The molecule has 2 unspecified atom stereocenters. The average Bonchev–Trinajstić information content (AvgIpc) is 3.04. The lowest BCUT2D eigenvalue weighted by Gasteiger charge is -2.24. The molecule has 0 saturated carbocycles. The van der Waals surface area contributed by atoms with Crippen molar-refractivity contribution >= 4 is 19.8 Å². The maximum Gasteiger partial charge on any atom is 0.472 e. The third-order valence-corrected chi connectivity index (χ3v) is 9.53. The number of hydrogen-bond acceptors (Lipinski definition) is 7. The van der Waals surface area contributed by atoms with Crippen molar-refractivity contribution in [1.29, 1.82) is 0 Å². The standard InChI is InChI=1S/C39H76NO8P/c1-6-8-10-12-14-16-18-19-20-22-23-25-27-29-31-38(41)45-35-37(36-47-49(43,44)46-34-33-40(3,4)5)48-39(42)32-30-28-26-24-21-17-15-13-11-9-7-2/h19-20,37H,6-18,21-36H2,1-5H3/p+1/b20-19-. The van der Waals surface area contributed by atoms with Gasteiger partial charge >= 0.3 is 19.8 Å². The predicted molar refractivity (Wildman–Crippen MR) is 201 cm³/mol. The second-order valence-corrected chi connectivity index (χ2v) is 16.1. The molecule has 0 aromatic heterocycles. The molecule has 1 N–H and O–H groups in total. The number of esters is 2. The fraction of sp³-hybridized carbons (Fsp3) is 0.897. The summed E-state index contributed by atoms with van der Waals surface area (Å²) in [4.78, 5) is 35.2. The average molecular weight is 719 g/mol. The van der Waals surface area contributed by atoms with E-state index in [1.807, 2.05) is 21.1 Å². The Labute approximate surface area is 301 Å². The maximum absolute atomic E-state index is 12.6. The molecule has 0 heterocycles. The fourth-order valence-electron chi connectivity index (χ4n) is 5.36. The number of ether oxygens (including phenoxy) is 2. The number of carbonyl (C=O) groups is 2. The molecule has 0 fully saturated rings. The SMILES string of the molecule is CCCCCCCC/C=C\CCCCCCC(=O)OCC(COP(=O)(O)OCC[N+](C)(C)C)OC(=O)CCCCCCCCCCCCC. The minimum atomic E-state index is -4.36. The van der Waals surface area contributed by atoms with Crippen LogP contribution in [0.2, 0.25) is 0 Å². The quantitative estimate of drug-likeness (QED) is 0.0224. The zero-order chi connectivity index (χ0) is 36.5. The first-order chi connectivity index (χ1) is 23.5. The molecule has 290 valence electrons. The second-order valence-electron chi connectivity index (χ2n) is 14.7. The summed E-state index contributed by atoms with van der Waals surface area (Å²) in [5.41, 5.74) is 0. The molecular weight excluding hydrogens is 641 g/mol. The molecule has 0 amide bonds. The van der Waals surface area contributed by atoms with Crippen LogP contribution in [0.3, 0.4) is 0 Å². The van der Waals surface area contributed by atoms with Crippen molar-refractivity contribution in [2.45, 2.75) is 180 Å². The third kappa shape index (κ3) is 36.3. The number of likely N-dealkylation sites (N-methyl/N-ethyl adjacent to an activating group) is 1. The summed E-state index contributed by atoms with van der Waals surface area (Å²) >= 11 is 0. The Balaban J connectivity index is 4.41. The van der Waals surface area contributed by atoms with E-state index in [0.29, 0.717) is 17.4 Å². The summed E-state index contributed by atoms with van der Waals surface area (Å²) in [6, 6.07) is 0. The van der Waals surface area contributed by atoms with E-state index in [9.17, 15) is 19.0 Å². The van der Waals surface area contributed by atoms with Crippen LogP contribution in [0.1, 0.15) is 174 Å². The van der Waals surface area contributed by atoms with Crippen LogP contribution in [0.4, 0.5) is 0 Å². The van der Waals surface area contributed by atoms with Crippen molar-refractivity contribution in [1.82, 2.24) is 0 Å². The molecule has 0 aromatic rings. The number of quaternary nitrogens is 1. The second kappa shape index (κ2) is 32.6. The van der Waals surface area contributed by atoms with Gasteiger partial charge in [0.2, 0.25) is 0 Å². The van der Waals surface area contributed by atoms with E-state index >= 15 is 0 Å². The van der Waals surface area contributed by atoms with Crippen LogP contribution in [0.25, 0.3) is 0 Å². The summed E-state index contributed by atoms with van der Waals surface area (Å²) in [5.74, 6) is -0.808. The Morgan fingerprint density at radius 1 is 0.612 bits per heavy atom. The van der Waals surface area contributed by atoms with Crippen LogP contribution in [-0.4, -0.2) is 74.9 Å². The van der Waals surface area contributed by atoms with E-state index in [0.717, 1.165) is 51.4 Å². The lowest BCUT2D eigenvalue weighted by molar-refractivity contribution is -0.870. The zero-order valence-corrected chi connectivity index (χ0v) is 33.3. The van der Waals surface area contributed by atoms with Crippen LogP contribution >= 0.6 is 7.82 Å². The number of unbranched alkanes of at least 4 members (excludes halogenated alkanes) is 20. The van der Waals surface area contributed by atoms with Crippen molar-refractivity contribution in [2.24, 2.45) is 0 Å². The predicted octanol–water partition coefficient (Wildman–Crippen LogP) is 10.6. The number of phosphoric acid groups is 1. The van der Waals surface area contributed by atoms with Gasteiger partial charge in [-0.2, -0.15) is 0 Å². The van der Waals surface area contributed by atoms with Crippen LogP contribution in [0.15, 0.2) is 12.2 Å². The van der Waals surface area contributed by atoms with Gasteiger partial charge in [0, 0.05) is 12.8 Å². The summed E-state index contributed by atoms with van der Waals surface area (Å²) < 4.78 is 34.1. The van der Waals surface area contributed by atoms with E-state index < -0.39 is 26.5 Å². The minimum Gasteiger partial charge on any atom is -0.462 e. The van der Waals surface area contributed by atoms with Gasteiger partial charge in [-0.1, -0.05) is 135 Å². The summed E-state index contributed by atoms with van der Waals surface area (Å²) in [6.07, 6.45) is 31.1. The van der Waals surface area contributed by atoms with Crippen LogP contribution < -0.4 is 0 Å². The van der Waals surface area contributed by atoms with Gasteiger partial charge in [0.05, 0.1) is 27.7 Å². The van der Waals surface area contributed by atoms with Gasteiger partial charge in [0.25, 0.3) is 0 Å². The van der Waals surface area contributed by atoms with Gasteiger partial charge in [0.1, 0.15) is 19.8 Å². The molecular formula is C39H77NO8P+. The van der Waals surface area contributed by atoms with Gasteiger partial charge in [-0.05, 0) is 38.5 Å². The van der Waals surface area contributed by atoms with E-state index in [1.165, 1.54) is 89.9 Å². The van der Waals surface area contributed by atoms with Crippen molar-refractivity contribution in [3.63, 3.8) is 0 Å². The number of nitrogens with zero attached hydrogens (tertiary/aromatic N) is 1. The van der Waals surface area contributed by atoms with Gasteiger partial charge in [-0.3, -0.25) is 18.6 Å². The summed E-state index contributed by atoms with van der Waals surface area (Å²) in [6.45, 7) is 4.39. The first kappa shape index (κ1) is 47.8. The van der Waals surface area contributed by atoms with E-state index in [1.54, 1.807) is 0 Å². The molecule has 0 aliphatic heterocycles. The molecule has 0 saturated heterocycles. The fourth-order valence-corrected chi connectivity index (χ4v) is 6.10. The Hall–Kier alpha value is -1.25. The molecule has 2 atom stereocenters. The van der Waals surface area contributed by atoms with Crippen molar-refractivity contribution < 1.29 is 42.1 Å². The molecule has 10 heteroatoms.